The van der Waals surface area contributed by atoms with Crippen LogP contribution in [0.5, 0.6) is 0 Å². The SMILES string of the molecule is CC(C)(C)C1=NN(C2CCCC2)C(=O)C1CCCN. The lowest BCUT2D eigenvalue weighted by molar-refractivity contribution is -0.134. The molecule has 1 aliphatic heterocycles. The standard InChI is InChI=1S/C15H27N3O/c1-15(2,3)13-12(9-6-10-16)14(19)18(17-13)11-7-4-5-8-11/h11-12H,4-10,16H2,1-3H3. The summed E-state index contributed by atoms with van der Waals surface area (Å²) in [6.07, 6.45) is 6.40. The quantitative estimate of drug-likeness (QED) is 0.849. The van der Waals surface area contributed by atoms with Gasteiger partial charge in [0, 0.05) is 5.41 Å². The normalized spacial score (nSPS) is 25.3. The van der Waals surface area contributed by atoms with Gasteiger partial charge in [0.05, 0.1) is 17.7 Å². The van der Waals surface area contributed by atoms with E-state index in [9.17, 15) is 4.79 Å². The Hall–Kier alpha value is -0.900. The summed E-state index contributed by atoms with van der Waals surface area (Å²) in [7, 11) is 0. The molecule has 2 N–H and O–H groups in total. The Bertz CT molecular complexity index is 364. The molecule has 1 atom stereocenters. The van der Waals surface area contributed by atoms with Crippen LogP contribution in [0.25, 0.3) is 0 Å². The van der Waals surface area contributed by atoms with Gasteiger partial charge in [-0.15, -0.1) is 0 Å². The van der Waals surface area contributed by atoms with Gasteiger partial charge in [0.25, 0.3) is 5.91 Å². The molecule has 4 nitrogen and oxygen atoms in total. The van der Waals surface area contributed by atoms with Gasteiger partial charge in [-0.3, -0.25) is 4.79 Å². The highest BCUT2D eigenvalue weighted by atomic mass is 16.2. The Kier molecular flexibility index (Phi) is 4.29. The molecule has 0 radical (unpaired) electrons. The van der Waals surface area contributed by atoms with Gasteiger partial charge in [-0.2, -0.15) is 5.10 Å². The van der Waals surface area contributed by atoms with Crippen LogP contribution in [0.1, 0.15) is 59.3 Å². The summed E-state index contributed by atoms with van der Waals surface area (Å²) in [6, 6.07) is 0.340. The largest absolute Gasteiger partial charge is 0.330 e. The second-order valence-corrected chi connectivity index (χ2v) is 6.84. The van der Waals surface area contributed by atoms with Crippen LogP contribution in [0.3, 0.4) is 0 Å². The van der Waals surface area contributed by atoms with Gasteiger partial charge in [-0.25, -0.2) is 5.01 Å². The van der Waals surface area contributed by atoms with Crippen LogP contribution in [0.15, 0.2) is 5.10 Å². The lowest BCUT2D eigenvalue weighted by Gasteiger charge is -2.22. The van der Waals surface area contributed by atoms with Gasteiger partial charge in [0.1, 0.15) is 0 Å². The van der Waals surface area contributed by atoms with Gasteiger partial charge in [-0.1, -0.05) is 33.6 Å². The molecule has 0 bridgehead atoms. The van der Waals surface area contributed by atoms with Crippen LogP contribution >= 0.6 is 0 Å². The molecule has 1 amide bonds. The van der Waals surface area contributed by atoms with Crippen molar-refractivity contribution in [1.29, 1.82) is 0 Å². The molecular weight excluding hydrogens is 238 g/mol. The Morgan fingerprint density at radius 3 is 2.47 bits per heavy atom. The number of amides is 1. The Morgan fingerprint density at radius 1 is 1.32 bits per heavy atom. The summed E-state index contributed by atoms with van der Waals surface area (Å²) in [5.41, 5.74) is 6.61. The summed E-state index contributed by atoms with van der Waals surface area (Å²) in [6.45, 7) is 7.08. The van der Waals surface area contributed by atoms with E-state index in [-0.39, 0.29) is 17.2 Å². The van der Waals surface area contributed by atoms with E-state index in [1.807, 2.05) is 0 Å². The van der Waals surface area contributed by atoms with Gasteiger partial charge < -0.3 is 5.73 Å². The van der Waals surface area contributed by atoms with Crippen LogP contribution in [0.4, 0.5) is 0 Å². The molecule has 1 fully saturated rings. The number of carbonyl (C=O) groups excluding carboxylic acids is 1. The van der Waals surface area contributed by atoms with E-state index in [0.29, 0.717) is 12.6 Å². The summed E-state index contributed by atoms with van der Waals surface area (Å²) < 4.78 is 0. The zero-order valence-corrected chi connectivity index (χ0v) is 12.5. The fraction of sp³-hybridized carbons (Fsp3) is 0.867. The first-order valence-electron chi connectivity index (χ1n) is 7.57. The average Bonchev–Trinajstić information content (AvgIpc) is 2.93. The first-order chi connectivity index (χ1) is 8.95. The fourth-order valence-electron chi connectivity index (χ4n) is 3.18. The molecule has 1 saturated carbocycles. The molecular formula is C15H27N3O. The molecule has 2 aliphatic rings. The van der Waals surface area contributed by atoms with E-state index in [1.54, 1.807) is 5.01 Å². The summed E-state index contributed by atoms with van der Waals surface area (Å²) >= 11 is 0. The van der Waals surface area contributed by atoms with E-state index < -0.39 is 0 Å². The number of hydrogen-bond acceptors (Lipinski definition) is 3. The van der Waals surface area contributed by atoms with Crippen LogP contribution in [-0.4, -0.2) is 29.2 Å². The van der Waals surface area contributed by atoms with E-state index in [1.165, 1.54) is 12.8 Å². The minimum atomic E-state index is -0.0394. The van der Waals surface area contributed by atoms with Crippen molar-refractivity contribution < 1.29 is 4.79 Å². The number of nitrogens with zero attached hydrogens (tertiary/aromatic N) is 2. The molecule has 1 unspecified atom stereocenters. The van der Waals surface area contributed by atoms with Crippen molar-refractivity contribution in [3.05, 3.63) is 0 Å². The zero-order chi connectivity index (χ0) is 14.0. The molecule has 2 rings (SSSR count). The van der Waals surface area contributed by atoms with Crippen molar-refractivity contribution >= 4 is 11.6 Å². The van der Waals surface area contributed by atoms with Crippen molar-refractivity contribution in [2.75, 3.05) is 6.54 Å². The first kappa shape index (κ1) is 14.5. The molecule has 0 aromatic rings. The predicted octanol–water partition coefficient (Wildman–Crippen LogP) is 2.53. The number of carbonyl (C=O) groups is 1. The van der Waals surface area contributed by atoms with Crippen LogP contribution in [0.2, 0.25) is 0 Å². The molecule has 108 valence electrons. The average molecular weight is 265 g/mol. The topological polar surface area (TPSA) is 58.7 Å². The number of nitrogens with two attached hydrogens (primary N) is 1. The molecule has 0 aromatic carbocycles. The molecule has 1 aliphatic carbocycles. The van der Waals surface area contributed by atoms with Crippen molar-refractivity contribution in [3.8, 4) is 0 Å². The van der Waals surface area contributed by atoms with Crippen molar-refractivity contribution in [1.82, 2.24) is 5.01 Å². The molecule has 19 heavy (non-hydrogen) atoms. The van der Waals surface area contributed by atoms with Crippen LogP contribution in [0, 0.1) is 11.3 Å². The fourth-order valence-corrected chi connectivity index (χ4v) is 3.18. The van der Waals surface area contributed by atoms with Crippen molar-refractivity contribution in [2.24, 2.45) is 22.2 Å². The van der Waals surface area contributed by atoms with Gasteiger partial charge >= 0.3 is 0 Å². The first-order valence-corrected chi connectivity index (χ1v) is 7.57. The third-order valence-electron chi connectivity index (χ3n) is 4.21. The maximum absolute atomic E-state index is 12.6. The molecule has 0 spiro atoms. The lowest BCUT2D eigenvalue weighted by Crippen LogP contribution is -2.35. The monoisotopic (exact) mass is 265 g/mol. The number of hydrazone groups is 1. The van der Waals surface area contributed by atoms with E-state index in [2.05, 4.69) is 20.8 Å². The van der Waals surface area contributed by atoms with Crippen molar-refractivity contribution in [3.63, 3.8) is 0 Å². The molecule has 4 heteroatoms. The smallest absolute Gasteiger partial charge is 0.251 e. The summed E-state index contributed by atoms with van der Waals surface area (Å²) in [4.78, 5) is 12.6. The predicted molar refractivity (Wildman–Crippen MR) is 77.8 cm³/mol. The Labute approximate surface area is 116 Å². The lowest BCUT2D eigenvalue weighted by atomic mass is 9.80. The summed E-state index contributed by atoms with van der Waals surface area (Å²) in [5.74, 6) is 0.175. The second kappa shape index (κ2) is 5.61. The van der Waals surface area contributed by atoms with Gasteiger partial charge in [-0.05, 0) is 32.2 Å². The Balaban J connectivity index is 2.19. The third-order valence-corrected chi connectivity index (χ3v) is 4.21. The highest BCUT2D eigenvalue weighted by molar-refractivity contribution is 6.10. The van der Waals surface area contributed by atoms with E-state index >= 15 is 0 Å². The van der Waals surface area contributed by atoms with Gasteiger partial charge in [0.2, 0.25) is 0 Å². The van der Waals surface area contributed by atoms with Crippen LogP contribution < -0.4 is 5.73 Å². The maximum Gasteiger partial charge on any atom is 0.251 e. The van der Waals surface area contributed by atoms with Crippen molar-refractivity contribution in [2.45, 2.75) is 65.3 Å². The molecule has 0 aromatic heterocycles. The minimum absolute atomic E-state index is 0.0378. The van der Waals surface area contributed by atoms with Crippen LogP contribution in [-0.2, 0) is 4.79 Å². The summed E-state index contributed by atoms with van der Waals surface area (Å²) in [5, 5.41) is 6.52. The van der Waals surface area contributed by atoms with E-state index in [4.69, 9.17) is 10.8 Å². The zero-order valence-electron chi connectivity index (χ0n) is 12.5. The highest BCUT2D eigenvalue weighted by Gasteiger charge is 2.43. The molecule has 0 saturated heterocycles. The second-order valence-electron chi connectivity index (χ2n) is 6.84. The number of rotatable bonds is 4. The maximum atomic E-state index is 12.6. The molecule has 1 heterocycles. The van der Waals surface area contributed by atoms with Gasteiger partial charge in [0.15, 0.2) is 0 Å². The van der Waals surface area contributed by atoms with E-state index in [0.717, 1.165) is 31.4 Å². The number of hydrogen-bond donors (Lipinski definition) is 1. The minimum Gasteiger partial charge on any atom is -0.330 e. The third kappa shape index (κ3) is 2.99. The highest BCUT2D eigenvalue weighted by Crippen LogP contribution is 2.35. The Morgan fingerprint density at radius 2 is 1.95 bits per heavy atom.